The molecule has 0 radical (unpaired) electrons. The minimum Gasteiger partial charge on any atom is -0.317 e. The number of fused-ring (bicyclic) bond motifs is 7. The maximum Gasteiger partial charge on any atom is 0.00671 e. The van der Waals surface area contributed by atoms with E-state index in [1.807, 2.05) is 5.57 Å². The van der Waals surface area contributed by atoms with Crippen LogP contribution in [0.5, 0.6) is 0 Å². The molecule has 0 aliphatic heterocycles. The smallest absolute Gasteiger partial charge is 0.00671 e. The van der Waals surface area contributed by atoms with Crippen molar-refractivity contribution in [1.82, 2.24) is 5.32 Å². The first-order chi connectivity index (χ1) is 14.0. The van der Waals surface area contributed by atoms with Crippen LogP contribution in [0.15, 0.2) is 11.6 Å². The minimum atomic E-state index is 0.432. The van der Waals surface area contributed by atoms with E-state index in [0.29, 0.717) is 27.1 Å². The first-order valence-corrected chi connectivity index (χ1v) is 13.4. The van der Waals surface area contributed by atoms with Crippen LogP contribution in [0.25, 0.3) is 0 Å². The Morgan fingerprint density at radius 1 is 0.867 bits per heavy atom. The van der Waals surface area contributed by atoms with Gasteiger partial charge in [0.25, 0.3) is 0 Å². The van der Waals surface area contributed by atoms with E-state index < -0.39 is 0 Å². The highest BCUT2D eigenvalue weighted by atomic mass is 14.9. The van der Waals surface area contributed by atoms with E-state index in [2.05, 4.69) is 60.0 Å². The second-order valence-electron chi connectivity index (χ2n) is 14.3. The third-order valence-electron chi connectivity index (χ3n) is 12.5. The van der Waals surface area contributed by atoms with Gasteiger partial charge in [-0.05, 0) is 123 Å². The summed E-state index contributed by atoms with van der Waals surface area (Å²) < 4.78 is 0. The van der Waals surface area contributed by atoms with Crippen molar-refractivity contribution < 1.29 is 0 Å². The summed E-state index contributed by atoms with van der Waals surface area (Å²) in [4.78, 5) is 0. The third-order valence-corrected chi connectivity index (χ3v) is 12.5. The molecule has 4 fully saturated rings. The molecule has 1 N–H and O–H groups in total. The fraction of sp³-hybridized carbons (Fsp3) is 0.931. The van der Waals surface area contributed by atoms with Gasteiger partial charge in [0, 0.05) is 6.04 Å². The molecular weight excluding hydrogens is 362 g/mol. The van der Waals surface area contributed by atoms with Gasteiger partial charge < -0.3 is 5.32 Å². The van der Waals surface area contributed by atoms with E-state index in [-0.39, 0.29) is 0 Å². The largest absolute Gasteiger partial charge is 0.317 e. The molecule has 5 aliphatic carbocycles. The van der Waals surface area contributed by atoms with Gasteiger partial charge in [-0.15, -0.1) is 0 Å². The van der Waals surface area contributed by atoms with Crippen LogP contribution < -0.4 is 5.32 Å². The van der Waals surface area contributed by atoms with Crippen molar-refractivity contribution in [2.24, 2.45) is 44.8 Å². The second-order valence-corrected chi connectivity index (χ2v) is 14.3. The van der Waals surface area contributed by atoms with Crippen LogP contribution >= 0.6 is 0 Å². The van der Waals surface area contributed by atoms with Crippen molar-refractivity contribution in [1.29, 1.82) is 0 Å². The molecule has 8 unspecified atom stereocenters. The molecule has 30 heavy (non-hydrogen) atoms. The van der Waals surface area contributed by atoms with Gasteiger partial charge in [0.15, 0.2) is 0 Å². The Kier molecular flexibility index (Phi) is 4.75. The monoisotopic (exact) mass is 411 g/mol. The average molecular weight is 412 g/mol. The predicted molar refractivity (Wildman–Crippen MR) is 128 cm³/mol. The summed E-state index contributed by atoms with van der Waals surface area (Å²) in [5.74, 6) is 2.65. The van der Waals surface area contributed by atoms with Crippen LogP contribution in [0.1, 0.15) is 112 Å². The van der Waals surface area contributed by atoms with E-state index >= 15 is 0 Å². The topological polar surface area (TPSA) is 12.0 Å². The number of allylic oxidation sites excluding steroid dienone is 2. The summed E-state index contributed by atoms with van der Waals surface area (Å²) in [6.07, 6.45) is 18.6. The lowest BCUT2D eigenvalue weighted by Crippen LogP contribution is -2.62. The molecule has 1 heteroatoms. The summed E-state index contributed by atoms with van der Waals surface area (Å²) in [7, 11) is 2.18. The molecule has 8 atom stereocenters. The Morgan fingerprint density at radius 3 is 2.33 bits per heavy atom. The van der Waals surface area contributed by atoms with Gasteiger partial charge in [-0.25, -0.2) is 0 Å². The van der Waals surface area contributed by atoms with Gasteiger partial charge in [-0.3, -0.25) is 0 Å². The van der Waals surface area contributed by atoms with Gasteiger partial charge in [-0.1, -0.05) is 53.2 Å². The zero-order valence-corrected chi connectivity index (χ0v) is 21.2. The highest BCUT2D eigenvalue weighted by Gasteiger charge is 2.65. The van der Waals surface area contributed by atoms with Crippen molar-refractivity contribution in [3.63, 3.8) is 0 Å². The van der Waals surface area contributed by atoms with Crippen molar-refractivity contribution in [2.75, 3.05) is 7.05 Å². The molecule has 0 saturated heterocycles. The normalized spacial score (nSPS) is 54.8. The molecular formula is C29H49N. The van der Waals surface area contributed by atoms with E-state index in [4.69, 9.17) is 0 Å². The minimum absolute atomic E-state index is 0.432. The predicted octanol–water partition coefficient (Wildman–Crippen LogP) is 7.76. The van der Waals surface area contributed by atoms with Crippen molar-refractivity contribution >= 4 is 0 Å². The second kappa shape index (κ2) is 6.61. The first-order valence-electron chi connectivity index (χ1n) is 13.4. The van der Waals surface area contributed by atoms with Crippen LogP contribution in [-0.2, 0) is 0 Å². The number of hydrogen-bond donors (Lipinski definition) is 1. The maximum absolute atomic E-state index is 3.62. The van der Waals surface area contributed by atoms with Crippen molar-refractivity contribution in [3.05, 3.63) is 11.6 Å². The third kappa shape index (κ3) is 2.75. The highest BCUT2D eigenvalue weighted by Crippen LogP contribution is 2.74. The number of nitrogens with one attached hydrogen (secondary N) is 1. The van der Waals surface area contributed by atoms with E-state index in [1.54, 1.807) is 0 Å². The summed E-state index contributed by atoms with van der Waals surface area (Å²) in [6.45, 7) is 15.9. The maximum atomic E-state index is 3.62. The Balaban J connectivity index is 1.53. The zero-order valence-electron chi connectivity index (χ0n) is 21.2. The van der Waals surface area contributed by atoms with Gasteiger partial charge in [0.1, 0.15) is 0 Å². The summed E-state index contributed by atoms with van der Waals surface area (Å²) in [5, 5.41) is 3.62. The lowest BCUT2D eigenvalue weighted by molar-refractivity contribution is -0.156. The highest BCUT2D eigenvalue weighted by molar-refractivity contribution is 5.33. The van der Waals surface area contributed by atoms with Gasteiger partial charge in [-0.2, -0.15) is 0 Å². The fourth-order valence-corrected chi connectivity index (χ4v) is 9.93. The summed E-state index contributed by atoms with van der Waals surface area (Å²) in [6, 6.07) is 0.762. The molecule has 0 aromatic rings. The van der Waals surface area contributed by atoms with Crippen LogP contribution in [0.4, 0.5) is 0 Å². The fourth-order valence-electron chi connectivity index (χ4n) is 9.93. The molecule has 0 amide bonds. The van der Waals surface area contributed by atoms with Crippen molar-refractivity contribution in [2.45, 2.75) is 118 Å². The Bertz CT molecular complexity index is 735. The number of hydrogen-bond acceptors (Lipinski definition) is 1. The van der Waals surface area contributed by atoms with E-state index in [9.17, 15) is 0 Å². The Hall–Kier alpha value is -0.300. The standard InChI is InChI=1S/C29H49N/c1-25(2)14-15-26(3)16-17-28(5)22(23(26)19-25)8-9-24-27(4)12-11-21(30-7)18-20(27)10-13-29(24,28)6/h8,20-21,23-24,30H,9-19H2,1-7H3. The molecule has 5 rings (SSSR count). The van der Waals surface area contributed by atoms with Crippen LogP contribution in [0, 0.1) is 44.8 Å². The molecule has 0 heterocycles. The summed E-state index contributed by atoms with van der Waals surface area (Å²) in [5.41, 5.74) is 4.50. The van der Waals surface area contributed by atoms with Crippen LogP contribution in [0.2, 0.25) is 0 Å². The summed E-state index contributed by atoms with van der Waals surface area (Å²) >= 11 is 0. The Labute approximate surface area is 187 Å². The molecule has 0 aromatic heterocycles. The van der Waals surface area contributed by atoms with Crippen molar-refractivity contribution in [3.8, 4) is 0 Å². The molecule has 1 nitrogen and oxygen atoms in total. The lowest BCUT2D eigenvalue weighted by Gasteiger charge is -2.70. The average Bonchev–Trinajstić information content (AvgIpc) is 2.69. The van der Waals surface area contributed by atoms with Crippen LogP contribution in [-0.4, -0.2) is 13.1 Å². The van der Waals surface area contributed by atoms with E-state index in [0.717, 1.165) is 23.8 Å². The van der Waals surface area contributed by atoms with Gasteiger partial charge in [0.05, 0.1) is 0 Å². The lowest BCUT2D eigenvalue weighted by atomic mass is 9.35. The molecule has 5 aliphatic rings. The molecule has 4 saturated carbocycles. The SMILES string of the molecule is CNC1CCC2(C)C(CCC3(C)C2CC=C2C4CC(C)(C)CCC4(C)CCC23C)C1. The first kappa shape index (κ1) is 21.5. The number of rotatable bonds is 1. The zero-order chi connectivity index (χ0) is 21.6. The molecule has 0 spiro atoms. The van der Waals surface area contributed by atoms with Crippen LogP contribution in [0.3, 0.4) is 0 Å². The Morgan fingerprint density at radius 2 is 1.60 bits per heavy atom. The van der Waals surface area contributed by atoms with E-state index in [1.165, 1.54) is 70.6 Å². The van der Waals surface area contributed by atoms with Gasteiger partial charge in [0.2, 0.25) is 0 Å². The molecule has 0 bridgehead atoms. The quantitative estimate of drug-likeness (QED) is 0.435. The molecule has 0 aromatic carbocycles. The molecule has 170 valence electrons. The van der Waals surface area contributed by atoms with Gasteiger partial charge >= 0.3 is 0 Å².